The molecule has 1 heterocycles. The minimum Gasteiger partial charge on any atom is -0.493 e. The average molecular weight is 427 g/mol. The number of methoxy groups -OCH3 is 2. The summed E-state index contributed by atoms with van der Waals surface area (Å²) in [6.07, 6.45) is 0.811. The molecule has 3 rings (SSSR count). The SMILES string of the molecule is CCn1c(SCC(=O)NCCc2ccccc2)nnc1-c1ccc(OC)c(OC)c1. The fraction of sp³-hybridized carbons (Fsp3) is 0.318. The summed E-state index contributed by atoms with van der Waals surface area (Å²) in [5.41, 5.74) is 2.08. The van der Waals surface area contributed by atoms with Crippen molar-refractivity contribution >= 4 is 17.7 Å². The van der Waals surface area contributed by atoms with Gasteiger partial charge in [0, 0.05) is 18.7 Å². The highest BCUT2D eigenvalue weighted by Crippen LogP contribution is 2.32. The van der Waals surface area contributed by atoms with Gasteiger partial charge in [0.05, 0.1) is 20.0 Å². The van der Waals surface area contributed by atoms with Crippen LogP contribution in [0.1, 0.15) is 12.5 Å². The van der Waals surface area contributed by atoms with Gasteiger partial charge in [-0.05, 0) is 37.1 Å². The molecule has 1 N–H and O–H groups in total. The molecule has 0 saturated heterocycles. The quantitative estimate of drug-likeness (QED) is 0.501. The maximum atomic E-state index is 12.2. The first-order chi connectivity index (χ1) is 14.7. The summed E-state index contributed by atoms with van der Waals surface area (Å²) in [7, 11) is 3.20. The van der Waals surface area contributed by atoms with Gasteiger partial charge in [-0.1, -0.05) is 42.1 Å². The number of aromatic nitrogens is 3. The van der Waals surface area contributed by atoms with Crippen LogP contribution in [0.3, 0.4) is 0 Å². The predicted octanol–water partition coefficient (Wildman–Crippen LogP) is 3.43. The lowest BCUT2D eigenvalue weighted by atomic mass is 10.1. The molecule has 8 heteroatoms. The topological polar surface area (TPSA) is 78.3 Å². The standard InChI is InChI=1S/C22H26N4O3S/c1-4-26-21(17-10-11-18(28-2)19(14-17)29-3)24-25-22(26)30-15-20(27)23-13-12-16-8-6-5-7-9-16/h5-11,14H,4,12-13,15H2,1-3H3,(H,23,27). The van der Waals surface area contributed by atoms with Crippen molar-refractivity contribution < 1.29 is 14.3 Å². The van der Waals surface area contributed by atoms with Gasteiger partial charge in [0.1, 0.15) is 0 Å². The number of hydrogen-bond acceptors (Lipinski definition) is 6. The van der Waals surface area contributed by atoms with Crippen LogP contribution in [-0.2, 0) is 17.8 Å². The molecule has 0 atom stereocenters. The first-order valence-corrected chi connectivity index (χ1v) is 10.7. The molecule has 0 aliphatic carbocycles. The van der Waals surface area contributed by atoms with Gasteiger partial charge in [0.15, 0.2) is 22.5 Å². The second-order valence-corrected chi connectivity index (χ2v) is 7.44. The third-order valence-corrected chi connectivity index (χ3v) is 5.55. The molecule has 0 spiro atoms. The van der Waals surface area contributed by atoms with Crippen molar-refractivity contribution in [3.05, 3.63) is 54.1 Å². The fourth-order valence-electron chi connectivity index (χ4n) is 3.04. The Bertz CT molecular complexity index is 976. The molecule has 0 saturated carbocycles. The van der Waals surface area contributed by atoms with E-state index in [4.69, 9.17) is 9.47 Å². The Morgan fingerprint density at radius 3 is 2.53 bits per heavy atom. The molecule has 30 heavy (non-hydrogen) atoms. The smallest absolute Gasteiger partial charge is 0.230 e. The van der Waals surface area contributed by atoms with Crippen LogP contribution in [0.5, 0.6) is 11.5 Å². The van der Waals surface area contributed by atoms with Crippen LogP contribution in [0.25, 0.3) is 11.4 Å². The molecule has 3 aromatic rings. The van der Waals surface area contributed by atoms with E-state index in [0.29, 0.717) is 35.5 Å². The van der Waals surface area contributed by atoms with Gasteiger partial charge in [-0.3, -0.25) is 4.79 Å². The van der Waals surface area contributed by atoms with Crippen molar-refractivity contribution in [2.45, 2.75) is 25.0 Å². The Morgan fingerprint density at radius 2 is 1.83 bits per heavy atom. The van der Waals surface area contributed by atoms with E-state index in [1.165, 1.54) is 17.3 Å². The monoisotopic (exact) mass is 426 g/mol. The first-order valence-electron chi connectivity index (χ1n) is 9.75. The number of ether oxygens (including phenoxy) is 2. The number of hydrogen-bond donors (Lipinski definition) is 1. The van der Waals surface area contributed by atoms with E-state index in [1.54, 1.807) is 14.2 Å². The molecule has 0 fully saturated rings. The highest BCUT2D eigenvalue weighted by atomic mass is 32.2. The summed E-state index contributed by atoms with van der Waals surface area (Å²) in [6.45, 7) is 3.33. The number of benzene rings is 2. The largest absolute Gasteiger partial charge is 0.493 e. The van der Waals surface area contributed by atoms with Crippen LogP contribution in [-0.4, -0.2) is 47.2 Å². The first kappa shape index (κ1) is 21.7. The van der Waals surface area contributed by atoms with E-state index in [-0.39, 0.29) is 5.91 Å². The van der Waals surface area contributed by atoms with Crippen molar-refractivity contribution in [3.8, 4) is 22.9 Å². The molecule has 0 aliphatic heterocycles. The lowest BCUT2D eigenvalue weighted by Gasteiger charge is -2.11. The zero-order valence-corrected chi connectivity index (χ0v) is 18.2. The van der Waals surface area contributed by atoms with E-state index < -0.39 is 0 Å². The summed E-state index contributed by atoms with van der Waals surface area (Å²) >= 11 is 1.38. The Hall–Kier alpha value is -3.00. The van der Waals surface area contributed by atoms with E-state index >= 15 is 0 Å². The molecule has 158 valence electrons. The zero-order valence-electron chi connectivity index (χ0n) is 17.4. The highest BCUT2D eigenvalue weighted by molar-refractivity contribution is 7.99. The molecule has 1 aromatic heterocycles. The van der Waals surface area contributed by atoms with Crippen LogP contribution in [0.2, 0.25) is 0 Å². The van der Waals surface area contributed by atoms with Crippen LogP contribution < -0.4 is 14.8 Å². The van der Waals surface area contributed by atoms with Gasteiger partial charge in [0.2, 0.25) is 5.91 Å². The van der Waals surface area contributed by atoms with Crippen LogP contribution in [0.4, 0.5) is 0 Å². The number of thioether (sulfide) groups is 1. The van der Waals surface area contributed by atoms with Gasteiger partial charge in [-0.25, -0.2) is 0 Å². The van der Waals surface area contributed by atoms with Gasteiger partial charge < -0.3 is 19.4 Å². The molecular weight excluding hydrogens is 400 g/mol. The molecule has 7 nitrogen and oxygen atoms in total. The third kappa shape index (κ3) is 5.33. The Balaban J connectivity index is 1.61. The molecule has 0 bridgehead atoms. The number of nitrogens with one attached hydrogen (secondary N) is 1. The van der Waals surface area contributed by atoms with E-state index in [2.05, 4.69) is 27.6 Å². The minimum absolute atomic E-state index is 0.0192. The normalized spacial score (nSPS) is 10.6. The summed E-state index contributed by atoms with van der Waals surface area (Å²) in [6, 6.07) is 15.7. The molecule has 0 radical (unpaired) electrons. The zero-order chi connectivity index (χ0) is 21.3. The van der Waals surface area contributed by atoms with Crippen molar-refractivity contribution in [2.75, 3.05) is 26.5 Å². The van der Waals surface area contributed by atoms with Gasteiger partial charge in [0.25, 0.3) is 0 Å². The third-order valence-electron chi connectivity index (χ3n) is 4.59. The van der Waals surface area contributed by atoms with Crippen molar-refractivity contribution in [1.82, 2.24) is 20.1 Å². The average Bonchev–Trinajstić information content (AvgIpc) is 3.20. The van der Waals surface area contributed by atoms with E-state index in [1.807, 2.05) is 47.9 Å². The molecule has 0 aliphatic rings. The summed E-state index contributed by atoms with van der Waals surface area (Å²) in [5.74, 6) is 2.29. The maximum Gasteiger partial charge on any atom is 0.230 e. The molecule has 0 unspecified atom stereocenters. The number of carbonyl (C=O) groups is 1. The summed E-state index contributed by atoms with van der Waals surface area (Å²) in [5, 5.41) is 12.3. The summed E-state index contributed by atoms with van der Waals surface area (Å²) in [4.78, 5) is 12.2. The van der Waals surface area contributed by atoms with Crippen LogP contribution in [0, 0.1) is 0 Å². The summed E-state index contributed by atoms with van der Waals surface area (Å²) < 4.78 is 12.7. The van der Waals surface area contributed by atoms with Crippen LogP contribution >= 0.6 is 11.8 Å². The molecular formula is C22H26N4O3S. The second kappa shape index (κ2) is 10.7. The van der Waals surface area contributed by atoms with Crippen molar-refractivity contribution in [3.63, 3.8) is 0 Å². The Morgan fingerprint density at radius 1 is 1.07 bits per heavy atom. The number of nitrogens with zero attached hydrogens (tertiary/aromatic N) is 3. The number of amides is 1. The number of rotatable bonds is 10. The van der Waals surface area contributed by atoms with Crippen molar-refractivity contribution in [1.29, 1.82) is 0 Å². The maximum absolute atomic E-state index is 12.2. The van der Waals surface area contributed by atoms with E-state index in [9.17, 15) is 4.79 Å². The minimum atomic E-state index is -0.0192. The lowest BCUT2D eigenvalue weighted by molar-refractivity contribution is -0.118. The lowest BCUT2D eigenvalue weighted by Crippen LogP contribution is -2.27. The van der Waals surface area contributed by atoms with Gasteiger partial charge in [-0.15, -0.1) is 10.2 Å². The second-order valence-electron chi connectivity index (χ2n) is 6.49. The number of carbonyl (C=O) groups excluding carboxylic acids is 1. The fourth-order valence-corrected chi connectivity index (χ4v) is 3.87. The Labute approximate surface area is 180 Å². The Kier molecular flexibility index (Phi) is 7.73. The van der Waals surface area contributed by atoms with E-state index in [0.717, 1.165) is 17.8 Å². The highest BCUT2D eigenvalue weighted by Gasteiger charge is 2.16. The predicted molar refractivity (Wildman–Crippen MR) is 118 cm³/mol. The van der Waals surface area contributed by atoms with Gasteiger partial charge >= 0.3 is 0 Å². The molecule has 2 aromatic carbocycles. The molecule has 1 amide bonds. The van der Waals surface area contributed by atoms with Gasteiger partial charge in [-0.2, -0.15) is 0 Å². The van der Waals surface area contributed by atoms with Crippen LogP contribution in [0.15, 0.2) is 53.7 Å². The van der Waals surface area contributed by atoms with Crippen molar-refractivity contribution in [2.24, 2.45) is 0 Å².